The quantitative estimate of drug-likeness (QED) is 0.762. The summed E-state index contributed by atoms with van der Waals surface area (Å²) < 4.78 is 18.4. The van der Waals surface area contributed by atoms with Crippen LogP contribution in [0.5, 0.6) is 0 Å². The Bertz CT molecular complexity index is 938. The Morgan fingerprint density at radius 3 is 3.00 bits per heavy atom. The van der Waals surface area contributed by atoms with Crippen molar-refractivity contribution in [2.75, 3.05) is 0 Å². The molecule has 0 spiro atoms. The Hall–Kier alpha value is -3.02. The lowest BCUT2D eigenvalue weighted by Gasteiger charge is -2.13. The summed E-state index contributed by atoms with van der Waals surface area (Å²) in [4.78, 5) is 16.5. The van der Waals surface area contributed by atoms with Crippen LogP contribution in [0.4, 0.5) is 4.39 Å². The van der Waals surface area contributed by atoms with Crippen molar-refractivity contribution in [1.82, 2.24) is 15.5 Å². The first-order chi connectivity index (χ1) is 12.7. The fourth-order valence-corrected chi connectivity index (χ4v) is 3.30. The van der Waals surface area contributed by atoms with Crippen LogP contribution in [-0.2, 0) is 17.6 Å². The molecule has 4 rings (SSSR count). The highest BCUT2D eigenvalue weighted by Crippen LogP contribution is 2.30. The van der Waals surface area contributed by atoms with Crippen LogP contribution >= 0.6 is 0 Å². The van der Waals surface area contributed by atoms with Crippen LogP contribution in [0.1, 0.15) is 35.9 Å². The Morgan fingerprint density at radius 1 is 1.23 bits per heavy atom. The van der Waals surface area contributed by atoms with E-state index < -0.39 is 0 Å². The molecule has 1 aliphatic carbocycles. The highest BCUT2D eigenvalue weighted by molar-refractivity contribution is 5.76. The van der Waals surface area contributed by atoms with Gasteiger partial charge in [-0.05, 0) is 36.1 Å². The number of benzene rings is 2. The normalized spacial score (nSPS) is 15.7. The molecule has 0 saturated carbocycles. The summed E-state index contributed by atoms with van der Waals surface area (Å²) in [6.45, 7) is 0. The first kappa shape index (κ1) is 16.4. The van der Waals surface area contributed by atoms with E-state index in [-0.39, 0.29) is 24.2 Å². The number of hydrogen-bond donors (Lipinski definition) is 1. The van der Waals surface area contributed by atoms with Crippen molar-refractivity contribution < 1.29 is 13.7 Å². The fraction of sp³-hybridized carbons (Fsp3) is 0.250. The van der Waals surface area contributed by atoms with Crippen molar-refractivity contribution in [2.45, 2.75) is 31.7 Å². The van der Waals surface area contributed by atoms with Crippen molar-refractivity contribution in [3.05, 3.63) is 71.4 Å². The lowest BCUT2D eigenvalue weighted by atomic mass is 10.1. The number of amides is 1. The monoisotopic (exact) mass is 351 g/mol. The number of halogens is 1. The van der Waals surface area contributed by atoms with Gasteiger partial charge in [-0.25, -0.2) is 4.39 Å². The molecule has 26 heavy (non-hydrogen) atoms. The molecule has 132 valence electrons. The van der Waals surface area contributed by atoms with E-state index in [1.165, 1.54) is 23.3 Å². The van der Waals surface area contributed by atoms with Gasteiger partial charge in [0.1, 0.15) is 5.82 Å². The predicted molar refractivity (Wildman–Crippen MR) is 93.7 cm³/mol. The van der Waals surface area contributed by atoms with Gasteiger partial charge < -0.3 is 9.84 Å². The third-order valence-electron chi connectivity index (χ3n) is 4.58. The summed E-state index contributed by atoms with van der Waals surface area (Å²) in [5.74, 6) is 0.290. The molecular formula is C20H18FN3O2. The number of nitrogens with one attached hydrogen (secondary N) is 1. The van der Waals surface area contributed by atoms with Crippen LogP contribution in [0, 0.1) is 5.82 Å². The first-order valence-electron chi connectivity index (χ1n) is 8.65. The van der Waals surface area contributed by atoms with Crippen LogP contribution in [0.2, 0.25) is 0 Å². The van der Waals surface area contributed by atoms with Crippen molar-refractivity contribution in [2.24, 2.45) is 0 Å². The second-order valence-electron chi connectivity index (χ2n) is 6.38. The standard InChI is InChI=1S/C20H18FN3O2/c21-15-6-3-5-14(12-15)20-23-19(26-24-20)11-10-18(25)22-17-9-8-13-4-1-2-7-16(13)17/h1-7,12,17H,8-11H2,(H,22,25). The Kier molecular flexibility index (Phi) is 4.48. The Labute approximate surface area is 150 Å². The van der Waals surface area contributed by atoms with Gasteiger partial charge in [0.15, 0.2) is 0 Å². The van der Waals surface area contributed by atoms with E-state index in [1.54, 1.807) is 12.1 Å². The lowest BCUT2D eigenvalue weighted by Crippen LogP contribution is -2.27. The average Bonchev–Trinajstić information content (AvgIpc) is 3.28. The van der Waals surface area contributed by atoms with E-state index in [0.29, 0.717) is 23.7 Å². The van der Waals surface area contributed by atoms with Crippen molar-refractivity contribution in [1.29, 1.82) is 0 Å². The van der Waals surface area contributed by atoms with Crippen LogP contribution in [0.25, 0.3) is 11.4 Å². The van der Waals surface area contributed by atoms with Crippen molar-refractivity contribution >= 4 is 5.91 Å². The van der Waals surface area contributed by atoms with E-state index in [2.05, 4.69) is 27.6 Å². The smallest absolute Gasteiger partial charge is 0.227 e. The summed E-state index contributed by atoms with van der Waals surface area (Å²) in [7, 11) is 0. The second kappa shape index (κ2) is 7.07. The highest BCUT2D eigenvalue weighted by Gasteiger charge is 2.23. The molecule has 1 unspecified atom stereocenters. The van der Waals surface area contributed by atoms with E-state index in [0.717, 1.165) is 12.8 Å². The van der Waals surface area contributed by atoms with E-state index >= 15 is 0 Å². The number of hydrogen-bond acceptors (Lipinski definition) is 4. The third-order valence-corrected chi connectivity index (χ3v) is 4.58. The first-order valence-corrected chi connectivity index (χ1v) is 8.65. The number of carbonyl (C=O) groups excluding carboxylic acids is 1. The number of fused-ring (bicyclic) bond motifs is 1. The SMILES string of the molecule is O=C(CCc1nc(-c2cccc(F)c2)no1)NC1CCc2ccccc21. The topological polar surface area (TPSA) is 68.0 Å². The molecule has 1 amide bonds. The molecule has 0 fully saturated rings. The van der Waals surface area contributed by atoms with Gasteiger partial charge in [-0.15, -0.1) is 0 Å². The van der Waals surface area contributed by atoms with Gasteiger partial charge >= 0.3 is 0 Å². The minimum absolute atomic E-state index is 0.0443. The van der Waals surface area contributed by atoms with Crippen molar-refractivity contribution in [3.63, 3.8) is 0 Å². The maximum atomic E-state index is 13.3. The molecule has 0 saturated heterocycles. The summed E-state index contributed by atoms with van der Waals surface area (Å²) in [5, 5.41) is 6.93. The van der Waals surface area contributed by atoms with Crippen molar-refractivity contribution in [3.8, 4) is 11.4 Å². The van der Waals surface area contributed by atoms with Crippen LogP contribution < -0.4 is 5.32 Å². The zero-order valence-corrected chi connectivity index (χ0v) is 14.1. The number of rotatable bonds is 5. The molecule has 6 heteroatoms. The van der Waals surface area contributed by atoms with Gasteiger partial charge in [-0.1, -0.05) is 41.6 Å². The molecule has 1 atom stereocenters. The van der Waals surface area contributed by atoms with Crippen LogP contribution in [0.15, 0.2) is 53.1 Å². The molecule has 1 heterocycles. The van der Waals surface area contributed by atoms with Crippen LogP contribution in [0.3, 0.4) is 0 Å². The number of aryl methyl sites for hydroxylation is 2. The minimum Gasteiger partial charge on any atom is -0.349 e. The number of nitrogens with zero attached hydrogens (tertiary/aromatic N) is 2. The van der Waals surface area contributed by atoms with E-state index in [9.17, 15) is 9.18 Å². The largest absolute Gasteiger partial charge is 0.349 e. The highest BCUT2D eigenvalue weighted by atomic mass is 19.1. The maximum absolute atomic E-state index is 13.3. The van der Waals surface area contributed by atoms with E-state index in [1.807, 2.05) is 12.1 Å². The Balaban J connectivity index is 1.34. The van der Waals surface area contributed by atoms with E-state index in [4.69, 9.17) is 4.52 Å². The zero-order chi connectivity index (χ0) is 17.9. The molecule has 0 radical (unpaired) electrons. The molecule has 2 aromatic carbocycles. The van der Waals surface area contributed by atoms with Gasteiger partial charge in [0.2, 0.25) is 17.6 Å². The molecule has 3 aromatic rings. The third kappa shape index (κ3) is 3.49. The summed E-state index contributed by atoms with van der Waals surface area (Å²) in [6.07, 6.45) is 2.53. The molecular weight excluding hydrogens is 333 g/mol. The number of carbonyl (C=O) groups is 1. The summed E-state index contributed by atoms with van der Waals surface area (Å²) in [6, 6.07) is 14.3. The fourth-order valence-electron chi connectivity index (χ4n) is 3.30. The molecule has 5 nitrogen and oxygen atoms in total. The molecule has 1 aliphatic rings. The van der Waals surface area contributed by atoms with Gasteiger partial charge in [-0.3, -0.25) is 4.79 Å². The lowest BCUT2D eigenvalue weighted by molar-refractivity contribution is -0.121. The maximum Gasteiger partial charge on any atom is 0.227 e. The Morgan fingerprint density at radius 2 is 2.12 bits per heavy atom. The minimum atomic E-state index is -0.356. The van der Waals surface area contributed by atoms with Gasteiger partial charge in [-0.2, -0.15) is 4.98 Å². The summed E-state index contributed by atoms with van der Waals surface area (Å²) in [5.41, 5.74) is 3.05. The van der Waals surface area contributed by atoms with Gasteiger partial charge in [0, 0.05) is 18.4 Å². The molecule has 0 bridgehead atoms. The number of aromatic nitrogens is 2. The van der Waals surface area contributed by atoms with Gasteiger partial charge in [0.25, 0.3) is 0 Å². The molecule has 1 N–H and O–H groups in total. The van der Waals surface area contributed by atoms with Crippen LogP contribution in [-0.4, -0.2) is 16.0 Å². The zero-order valence-electron chi connectivity index (χ0n) is 14.1. The average molecular weight is 351 g/mol. The molecule has 0 aliphatic heterocycles. The summed E-state index contributed by atoms with van der Waals surface area (Å²) >= 11 is 0. The second-order valence-corrected chi connectivity index (χ2v) is 6.38. The van der Waals surface area contributed by atoms with Gasteiger partial charge in [0.05, 0.1) is 6.04 Å². The molecule has 1 aromatic heterocycles. The predicted octanol–water partition coefficient (Wildman–Crippen LogP) is 3.61.